The lowest BCUT2D eigenvalue weighted by atomic mass is 9.93. The minimum atomic E-state index is 1.23. The largest absolute Gasteiger partial charge is 0.0859 e. The third kappa shape index (κ3) is 8.52. The molecule has 24 heavy (non-hydrogen) atoms. The first-order chi connectivity index (χ1) is 11.4. The van der Waals surface area contributed by atoms with Crippen LogP contribution < -0.4 is 0 Å². The van der Waals surface area contributed by atoms with E-state index in [9.17, 15) is 0 Å². The van der Waals surface area contributed by atoms with Crippen LogP contribution in [-0.2, 0) is 12.8 Å². The summed E-state index contributed by atoms with van der Waals surface area (Å²) in [5, 5.41) is 0. The number of hydrogen-bond acceptors (Lipinski definition) is 0. The molecule has 0 radical (unpaired) electrons. The molecule has 0 saturated heterocycles. The Balaban J connectivity index is 2.47. The molecule has 0 N–H and O–H groups in total. The summed E-state index contributed by atoms with van der Waals surface area (Å²) in [5.41, 5.74) is 8.96. The van der Waals surface area contributed by atoms with E-state index < -0.39 is 0 Å². The Morgan fingerprint density at radius 2 is 1.04 bits per heavy atom. The lowest BCUT2D eigenvalue weighted by molar-refractivity contribution is 0.733. The summed E-state index contributed by atoms with van der Waals surface area (Å²) in [4.78, 5) is 0. The van der Waals surface area contributed by atoms with E-state index in [1.54, 1.807) is 11.1 Å². The fraction of sp³-hybridized carbons (Fsp3) is 0.583. The Hall–Kier alpha value is -1.30. The predicted octanol–water partition coefficient (Wildman–Crippen LogP) is 7.66. The van der Waals surface area contributed by atoms with Gasteiger partial charge in [0.25, 0.3) is 0 Å². The van der Waals surface area contributed by atoms with Gasteiger partial charge in [0, 0.05) is 0 Å². The van der Waals surface area contributed by atoms with Gasteiger partial charge < -0.3 is 0 Å². The van der Waals surface area contributed by atoms with Crippen LogP contribution in [-0.4, -0.2) is 0 Å². The molecule has 0 unspecified atom stereocenters. The first kappa shape index (κ1) is 20.7. The Morgan fingerprint density at radius 3 is 1.38 bits per heavy atom. The molecule has 1 aromatic carbocycles. The molecule has 1 aromatic rings. The molecule has 0 aliphatic rings. The van der Waals surface area contributed by atoms with E-state index in [-0.39, 0.29) is 0 Å². The van der Waals surface area contributed by atoms with Gasteiger partial charge in [0.15, 0.2) is 0 Å². The lowest BCUT2D eigenvalue weighted by Gasteiger charge is -2.12. The highest BCUT2D eigenvalue weighted by molar-refractivity contribution is 5.37. The standard InChI is InChI=1S/C24H38/c1-19(2)13-9-7-11-15-23-17-22(6)24(18-21(23)5)16-12-8-10-14-20(3)4/h13-14,17-18H,7-12,15-16H2,1-6H3. The van der Waals surface area contributed by atoms with Gasteiger partial charge in [-0.1, -0.05) is 35.4 Å². The smallest absolute Gasteiger partial charge is 0.0276 e. The number of rotatable bonds is 10. The molecule has 0 amide bonds. The monoisotopic (exact) mass is 326 g/mol. The second kappa shape index (κ2) is 11.3. The minimum absolute atomic E-state index is 1.23. The quantitative estimate of drug-likeness (QED) is 0.306. The van der Waals surface area contributed by atoms with Gasteiger partial charge in [0.05, 0.1) is 0 Å². The first-order valence-electron chi connectivity index (χ1n) is 9.76. The molecule has 0 heteroatoms. The molecule has 134 valence electrons. The molecule has 0 spiro atoms. The molecule has 0 heterocycles. The molecule has 0 atom stereocenters. The Bertz CT molecular complexity index is 498. The lowest BCUT2D eigenvalue weighted by Crippen LogP contribution is -1.97. The average Bonchev–Trinajstić information content (AvgIpc) is 2.50. The topological polar surface area (TPSA) is 0 Å². The van der Waals surface area contributed by atoms with Crippen LogP contribution in [0.4, 0.5) is 0 Å². The van der Waals surface area contributed by atoms with E-state index >= 15 is 0 Å². The predicted molar refractivity (Wildman–Crippen MR) is 110 cm³/mol. The van der Waals surface area contributed by atoms with Crippen LogP contribution >= 0.6 is 0 Å². The van der Waals surface area contributed by atoms with Crippen molar-refractivity contribution < 1.29 is 0 Å². The molecule has 0 bridgehead atoms. The summed E-state index contributed by atoms with van der Waals surface area (Å²) in [5.74, 6) is 0. The molecule has 0 nitrogen and oxygen atoms in total. The van der Waals surface area contributed by atoms with E-state index in [1.165, 1.54) is 73.6 Å². The molecular formula is C24H38. The first-order valence-corrected chi connectivity index (χ1v) is 9.76. The summed E-state index contributed by atoms with van der Waals surface area (Å²) in [7, 11) is 0. The van der Waals surface area contributed by atoms with Crippen molar-refractivity contribution in [2.45, 2.75) is 92.9 Å². The van der Waals surface area contributed by atoms with Gasteiger partial charge in [-0.2, -0.15) is 0 Å². The minimum Gasteiger partial charge on any atom is -0.0859 e. The Labute approximate surface area is 151 Å². The highest BCUT2D eigenvalue weighted by atomic mass is 14.1. The van der Waals surface area contributed by atoms with E-state index in [4.69, 9.17) is 0 Å². The number of benzene rings is 1. The zero-order chi connectivity index (χ0) is 17.9. The van der Waals surface area contributed by atoms with E-state index in [0.29, 0.717) is 0 Å². The maximum absolute atomic E-state index is 2.45. The van der Waals surface area contributed by atoms with Crippen molar-refractivity contribution in [3.63, 3.8) is 0 Å². The normalized spacial score (nSPS) is 10.6. The number of allylic oxidation sites excluding steroid dienone is 4. The van der Waals surface area contributed by atoms with E-state index in [1.807, 2.05) is 0 Å². The summed E-state index contributed by atoms with van der Waals surface area (Å²) < 4.78 is 0. The molecular weight excluding hydrogens is 288 g/mol. The summed E-state index contributed by atoms with van der Waals surface area (Å²) >= 11 is 0. The van der Waals surface area contributed by atoms with E-state index in [2.05, 4.69) is 65.8 Å². The van der Waals surface area contributed by atoms with Crippen LogP contribution in [0.1, 0.15) is 88.5 Å². The maximum Gasteiger partial charge on any atom is -0.0276 e. The molecule has 0 aliphatic carbocycles. The Morgan fingerprint density at radius 1 is 0.667 bits per heavy atom. The van der Waals surface area contributed by atoms with Gasteiger partial charge in [-0.25, -0.2) is 0 Å². The highest BCUT2D eigenvalue weighted by Crippen LogP contribution is 2.20. The van der Waals surface area contributed by atoms with Crippen molar-refractivity contribution in [3.8, 4) is 0 Å². The zero-order valence-corrected chi connectivity index (χ0v) is 17.0. The van der Waals surface area contributed by atoms with Gasteiger partial charge in [-0.05, 0) is 115 Å². The van der Waals surface area contributed by atoms with Crippen molar-refractivity contribution in [2.75, 3.05) is 0 Å². The van der Waals surface area contributed by atoms with Crippen molar-refractivity contribution in [3.05, 3.63) is 57.7 Å². The number of aryl methyl sites for hydroxylation is 4. The van der Waals surface area contributed by atoms with Gasteiger partial charge >= 0.3 is 0 Å². The summed E-state index contributed by atoms with van der Waals surface area (Å²) in [6.45, 7) is 13.3. The van der Waals surface area contributed by atoms with Gasteiger partial charge in [-0.3, -0.25) is 0 Å². The molecule has 0 fully saturated rings. The van der Waals surface area contributed by atoms with Crippen molar-refractivity contribution in [2.24, 2.45) is 0 Å². The zero-order valence-electron chi connectivity index (χ0n) is 17.0. The van der Waals surface area contributed by atoms with Crippen LogP contribution in [0, 0.1) is 13.8 Å². The summed E-state index contributed by atoms with van der Waals surface area (Å²) in [6, 6.07) is 4.89. The number of unbranched alkanes of at least 4 members (excludes halogenated alkanes) is 4. The van der Waals surface area contributed by atoms with Crippen LogP contribution in [0.3, 0.4) is 0 Å². The van der Waals surface area contributed by atoms with Crippen molar-refractivity contribution >= 4 is 0 Å². The molecule has 0 saturated carbocycles. The van der Waals surface area contributed by atoms with Crippen LogP contribution in [0.2, 0.25) is 0 Å². The number of hydrogen-bond donors (Lipinski definition) is 0. The second-order valence-corrected chi connectivity index (χ2v) is 7.76. The fourth-order valence-corrected chi connectivity index (χ4v) is 3.18. The SMILES string of the molecule is CC(C)=CCCCCc1cc(C)c(CCCCC=C(C)C)cc1C. The van der Waals surface area contributed by atoms with Gasteiger partial charge in [-0.15, -0.1) is 0 Å². The summed E-state index contributed by atoms with van der Waals surface area (Å²) in [6.07, 6.45) is 14.8. The third-order valence-corrected chi connectivity index (χ3v) is 4.70. The molecule has 0 aliphatic heterocycles. The maximum atomic E-state index is 2.45. The van der Waals surface area contributed by atoms with Crippen LogP contribution in [0.25, 0.3) is 0 Å². The van der Waals surface area contributed by atoms with Crippen LogP contribution in [0.15, 0.2) is 35.4 Å². The van der Waals surface area contributed by atoms with Gasteiger partial charge in [0.2, 0.25) is 0 Å². The third-order valence-electron chi connectivity index (χ3n) is 4.70. The average molecular weight is 327 g/mol. The molecule has 1 rings (SSSR count). The fourth-order valence-electron chi connectivity index (χ4n) is 3.18. The van der Waals surface area contributed by atoms with Gasteiger partial charge in [0.1, 0.15) is 0 Å². The second-order valence-electron chi connectivity index (χ2n) is 7.76. The van der Waals surface area contributed by atoms with Crippen molar-refractivity contribution in [1.29, 1.82) is 0 Å². The molecule has 0 aromatic heterocycles. The van der Waals surface area contributed by atoms with Crippen molar-refractivity contribution in [1.82, 2.24) is 0 Å². The highest BCUT2D eigenvalue weighted by Gasteiger charge is 2.05. The van der Waals surface area contributed by atoms with Crippen LogP contribution in [0.5, 0.6) is 0 Å². The Kier molecular flexibility index (Phi) is 9.76. The van der Waals surface area contributed by atoms with E-state index in [0.717, 1.165) is 0 Å².